The van der Waals surface area contributed by atoms with Crippen LogP contribution in [0, 0.1) is 0 Å². The summed E-state index contributed by atoms with van der Waals surface area (Å²) in [6.45, 7) is 13.3. The van der Waals surface area contributed by atoms with Gasteiger partial charge in [-0.05, 0) is 0 Å². The minimum atomic E-state index is 0. The van der Waals surface area contributed by atoms with Gasteiger partial charge in [-0.25, -0.2) is 24.3 Å². The SMILES string of the molecule is CC(C)(C)[c-]1cccc1.CC(C)(C)[c-]1cccc1.[Co]. The Labute approximate surface area is 129 Å². The second-order valence-corrected chi connectivity index (χ2v) is 6.85. The van der Waals surface area contributed by atoms with Gasteiger partial charge < -0.3 is 0 Å². The van der Waals surface area contributed by atoms with E-state index in [4.69, 9.17) is 0 Å². The minimum Gasteiger partial charge on any atom is -0.213 e. The summed E-state index contributed by atoms with van der Waals surface area (Å²) in [5, 5.41) is 0. The number of hydrogen-bond donors (Lipinski definition) is 0. The summed E-state index contributed by atoms with van der Waals surface area (Å²) in [4.78, 5) is 0. The molecule has 0 nitrogen and oxygen atoms in total. The Kier molecular flexibility index (Phi) is 6.82. The predicted molar refractivity (Wildman–Crippen MR) is 81.5 cm³/mol. The van der Waals surface area contributed by atoms with Crippen molar-refractivity contribution in [2.75, 3.05) is 0 Å². The molecule has 0 heterocycles. The van der Waals surface area contributed by atoms with Gasteiger partial charge in [-0.15, -0.1) is 0 Å². The molecular formula is C18H26Co-2. The number of rotatable bonds is 0. The molecule has 0 aliphatic carbocycles. The van der Waals surface area contributed by atoms with Gasteiger partial charge in [-0.3, -0.25) is 0 Å². The minimum absolute atomic E-state index is 0. The molecule has 0 fully saturated rings. The molecule has 2 aromatic carbocycles. The largest absolute Gasteiger partial charge is 0.213 e. The van der Waals surface area contributed by atoms with Gasteiger partial charge in [0.05, 0.1) is 0 Å². The maximum Gasteiger partial charge on any atom is 0 e. The molecule has 0 aromatic heterocycles. The van der Waals surface area contributed by atoms with E-state index < -0.39 is 0 Å². The van der Waals surface area contributed by atoms with E-state index in [1.54, 1.807) is 0 Å². The second kappa shape index (κ2) is 7.11. The van der Waals surface area contributed by atoms with Crippen molar-refractivity contribution in [3.05, 3.63) is 59.7 Å². The van der Waals surface area contributed by atoms with Crippen molar-refractivity contribution in [2.24, 2.45) is 0 Å². The first-order valence-corrected chi connectivity index (χ1v) is 6.65. The quantitative estimate of drug-likeness (QED) is 0.571. The summed E-state index contributed by atoms with van der Waals surface area (Å²) in [7, 11) is 0. The molecule has 2 aromatic rings. The van der Waals surface area contributed by atoms with Crippen LogP contribution in [0.25, 0.3) is 0 Å². The van der Waals surface area contributed by atoms with Crippen molar-refractivity contribution in [2.45, 2.75) is 52.4 Å². The van der Waals surface area contributed by atoms with Gasteiger partial charge in [0.25, 0.3) is 0 Å². The zero-order valence-corrected chi connectivity index (χ0v) is 14.0. The maximum atomic E-state index is 2.22. The van der Waals surface area contributed by atoms with Crippen LogP contribution in [-0.4, -0.2) is 0 Å². The first-order valence-electron chi connectivity index (χ1n) is 6.65. The van der Waals surface area contributed by atoms with Crippen molar-refractivity contribution < 1.29 is 16.8 Å². The van der Waals surface area contributed by atoms with Crippen LogP contribution < -0.4 is 0 Å². The fourth-order valence-corrected chi connectivity index (χ4v) is 1.75. The van der Waals surface area contributed by atoms with Crippen LogP contribution in [0.2, 0.25) is 0 Å². The maximum absolute atomic E-state index is 2.22. The van der Waals surface area contributed by atoms with Crippen LogP contribution in [0.1, 0.15) is 52.7 Å². The Morgan fingerprint density at radius 3 is 0.842 bits per heavy atom. The molecular weight excluding hydrogens is 275 g/mol. The van der Waals surface area contributed by atoms with Gasteiger partial charge in [-0.1, -0.05) is 52.4 Å². The molecule has 1 radical (unpaired) electrons. The molecule has 0 bridgehead atoms. The first kappa shape index (κ1) is 18.2. The van der Waals surface area contributed by atoms with Crippen molar-refractivity contribution in [3.63, 3.8) is 0 Å². The summed E-state index contributed by atoms with van der Waals surface area (Å²) in [5.74, 6) is 0. The standard InChI is InChI=1S/2C9H13.Co/c2*1-9(2,3)8-6-4-5-7-8;/h2*4-7H,1-3H3;/q2*-1;. The van der Waals surface area contributed by atoms with Crippen molar-refractivity contribution in [1.29, 1.82) is 0 Å². The van der Waals surface area contributed by atoms with Gasteiger partial charge in [0.2, 0.25) is 0 Å². The summed E-state index contributed by atoms with van der Waals surface area (Å²) < 4.78 is 0. The summed E-state index contributed by atoms with van der Waals surface area (Å²) in [6, 6.07) is 17.0. The number of hydrogen-bond acceptors (Lipinski definition) is 0. The van der Waals surface area contributed by atoms with Crippen molar-refractivity contribution >= 4 is 0 Å². The van der Waals surface area contributed by atoms with Gasteiger partial charge in [0, 0.05) is 16.8 Å². The van der Waals surface area contributed by atoms with Crippen LogP contribution in [0.5, 0.6) is 0 Å². The van der Waals surface area contributed by atoms with Crippen molar-refractivity contribution in [3.8, 4) is 0 Å². The van der Waals surface area contributed by atoms with Crippen LogP contribution in [0.15, 0.2) is 48.5 Å². The monoisotopic (exact) mass is 301 g/mol. The third kappa shape index (κ3) is 6.26. The molecule has 0 aliphatic heterocycles. The summed E-state index contributed by atoms with van der Waals surface area (Å²) >= 11 is 0. The Hall–Kier alpha value is -0.794. The first-order chi connectivity index (χ1) is 8.21. The molecule has 1 heteroatoms. The van der Waals surface area contributed by atoms with Crippen LogP contribution in [0.3, 0.4) is 0 Å². The van der Waals surface area contributed by atoms with Gasteiger partial charge in [0.1, 0.15) is 0 Å². The van der Waals surface area contributed by atoms with E-state index in [-0.39, 0.29) is 16.8 Å². The average molecular weight is 301 g/mol. The third-order valence-corrected chi connectivity index (χ3v) is 3.06. The van der Waals surface area contributed by atoms with Gasteiger partial charge in [-0.2, -0.15) is 35.4 Å². The molecule has 109 valence electrons. The zero-order chi connectivity index (χ0) is 13.8. The van der Waals surface area contributed by atoms with E-state index >= 15 is 0 Å². The van der Waals surface area contributed by atoms with Crippen LogP contribution in [0.4, 0.5) is 0 Å². The fourth-order valence-electron chi connectivity index (χ4n) is 1.75. The predicted octanol–water partition coefficient (Wildman–Crippen LogP) is 5.40. The third-order valence-electron chi connectivity index (χ3n) is 3.06. The summed E-state index contributed by atoms with van der Waals surface area (Å²) in [5.41, 5.74) is 3.48. The molecule has 0 saturated heterocycles. The van der Waals surface area contributed by atoms with Crippen LogP contribution >= 0.6 is 0 Å². The Morgan fingerprint density at radius 1 is 0.526 bits per heavy atom. The van der Waals surface area contributed by atoms with E-state index in [1.165, 1.54) is 11.1 Å². The molecule has 0 saturated carbocycles. The average Bonchev–Trinajstić information content (AvgIpc) is 2.91. The molecule has 0 amide bonds. The molecule has 2 rings (SSSR count). The molecule has 19 heavy (non-hydrogen) atoms. The fraction of sp³-hybridized carbons (Fsp3) is 0.444. The summed E-state index contributed by atoms with van der Waals surface area (Å²) in [6.07, 6.45) is 0. The molecule has 0 aliphatic rings. The van der Waals surface area contributed by atoms with E-state index in [0.717, 1.165) is 0 Å². The zero-order valence-electron chi connectivity index (χ0n) is 13.0. The normalized spacial score (nSPS) is 11.3. The van der Waals surface area contributed by atoms with E-state index in [0.29, 0.717) is 10.8 Å². The van der Waals surface area contributed by atoms with E-state index in [1.807, 2.05) is 0 Å². The molecule has 0 unspecified atom stereocenters. The Balaban J connectivity index is 0.000000324. The van der Waals surface area contributed by atoms with Gasteiger partial charge in [0.15, 0.2) is 0 Å². The Bertz CT molecular complexity index is 375. The smallest absolute Gasteiger partial charge is 0 e. The van der Waals surface area contributed by atoms with Gasteiger partial charge >= 0.3 is 0 Å². The molecule has 0 atom stereocenters. The molecule has 0 N–H and O–H groups in total. The van der Waals surface area contributed by atoms with Crippen molar-refractivity contribution in [1.82, 2.24) is 0 Å². The molecule has 0 spiro atoms. The topological polar surface area (TPSA) is 0 Å². The van der Waals surface area contributed by atoms with E-state index in [2.05, 4.69) is 90.1 Å². The second-order valence-electron chi connectivity index (χ2n) is 6.85. The Morgan fingerprint density at radius 2 is 0.737 bits per heavy atom. The van der Waals surface area contributed by atoms with E-state index in [9.17, 15) is 0 Å². The van der Waals surface area contributed by atoms with Crippen LogP contribution in [-0.2, 0) is 27.6 Å².